The van der Waals surface area contributed by atoms with Gasteiger partial charge in [-0.3, -0.25) is 9.88 Å². The first-order chi connectivity index (χ1) is 10.9. The number of nitrogens with zero attached hydrogens (tertiary/aromatic N) is 2. The number of aromatic nitrogens is 1. The van der Waals surface area contributed by atoms with Crippen molar-refractivity contribution in [2.45, 2.75) is 24.7 Å². The lowest BCUT2D eigenvalue weighted by atomic mass is 9.95. The Labute approximate surface area is 132 Å². The number of rotatable bonds is 3. The van der Waals surface area contributed by atoms with Gasteiger partial charge in [0.2, 0.25) is 0 Å². The highest BCUT2D eigenvalue weighted by Gasteiger charge is 2.36. The number of hydrogen-bond acceptors (Lipinski definition) is 3. The van der Waals surface area contributed by atoms with Gasteiger partial charge in [0.15, 0.2) is 0 Å². The third-order valence-electron chi connectivity index (χ3n) is 4.24. The fraction of sp³-hybridized carbons (Fsp3) is 0.353. The predicted octanol–water partition coefficient (Wildman–Crippen LogP) is 3.03. The summed E-state index contributed by atoms with van der Waals surface area (Å²) in [4.78, 5) is 5.87. The second-order valence-corrected chi connectivity index (χ2v) is 5.87. The summed E-state index contributed by atoms with van der Waals surface area (Å²) in [6.07, 6.45) is -2.99. The lowest BCUT2D eigenvalue weighted by Gasteiger charge is -2.18. The summed E-state index contributed by atoms with van der Waals surface area (Å²) in [5.41, 5.74) is 6.71. The maximum atomic E-state index is 13.1. The molecule has 1 aromatic carbocycles. The number of pyridine rings is 1. The van der Waals surface area contributed by atoms with Crippen molar-refractivity contribution in [1.82, 2.24) is 9.88 Å². The van der Waals surface area contributed by atoms with Crippen molar-refractivity contribution >= 4 is 0 Å². The van der Waals surface area contributed by atoms with Gasteiger partial charge in [-0.05, 0) is 17.7 Å². The molecule has 0 bridgehead atoms. The fourth-order valence-electron chi connectivity index (χ4n) is 3.13. The molecule has 0 unspecified atom stereocenters. The molecule has 1 aromatic heterocycles. The Morgan fingerprint density at radius 1 is 1.09 bits per heavy atom. The summed E-state index contributed by atoms with van der Waals surface area (Å²) in [7, 11) is 0. The number of hydrogen-bond donors (Lipinski definition) is 1. The molecule has 6 heteroatoms. The monoisotopic (exact) mass is 321 g/mol. The summed E-state index contributed by atoms with van der Waals surface area (Å²) < 4.78 is 39.2. The maximum absolute atomic E-state index is 13.1. The van der Waals surface area contributed by atoms with Gasteiger partial charge in [0.05, 0.1) is 11.3 Å². The first kappa shape index (κ1) is 16.0. The molecule has 0 radical (unpaired) electrons. The Bertz CT molecular complexity index is 658. The lowest BCUT2D eigenvalue weighted by molar-refractivity contribution is -0.138. The Morgan fingerprint density at radius 3 is 2.52 bits per heavy atom. The first-order valence-corrected chi connectivity index (χ1v) is 7.49. The van der Waals surface area contributed by atoms with E-state index < -0.39 is 11.7 Å². The van der Waals surface area contributed by atoms with Gasteiger partial charge in [-0.2, -0.15) is 13.2 Å². The molecule has 1 fully saturated rings. The van der Waals surface area contributed by atoms with Crippen LogP contribution in [-0.2, 0) is 12.7 Å². The minimum absolute atomic E-state index is 0.0564. The van der Waals surface area contributed by atoms with Crippen molar-refractivity contribution in [3.05, 3.63) is 65.5 Å². The SMILES string of the molecule is N[C@@H]1CN(Cc2ncccc2C(F)(F)F)C[C@H]1c1ccccc1. The fourth-order valence-corrected chi connectivity index (χ4v) is 3.13. The molecule has 3 rings (SSSR count). The van der Waals surface area contributed by atoms with Gasteiger partial charge in [-0.15, -0.1) is 0 Å². The second-order valence-electron chi connectivity index (χ2n) is 5.87. The van der Waals surface area contributed by atoms with E-state index in [-0.39, 0.29) is 24.2 Å². The van der Waals surface area contributed by atoms with Crippen molar-refractivity contribution in [2.24, 2.45) is 5.73 Å². The topological polar surface area (TPSA) is 42.1 Å². The van der Waals surface area contributed by atoms with Crippen LogP contribution in [0.25, 0.3) is 0 Å². The molecule has 3 nitrogen and oxygen atoms in total. The van der Waals surface area contributed by atoms with Gasteiger partial charge in [0, 0.05) is 37.8 Å². The zero-order valence-corrected chi connectivity index (χ0v) is 12.5. The summed E-state index contributed by atoms with van der Waals surface area (Å²) in [5.74, 6) is 0.134. The molecular weight excluding hydrogens is 303 g/mol. The van der Waals surface area contributed by atoms with E-state index in [9.17, 15) is 13.2 Å². The first-order valence-electron chi connectivity index (χ1n) is 7.49. The van der Waals surface area contributed by atoms with Gasteiger partial charge in [0.1, 0.15) is 0 Å². The van der Waals surface area contributed by atoms with Crippen LogP contribution in [0.5, 0.6) is 0 Å². The standard InChI is InChI=1S/C17H18F3N3/c18-17(19,20)14-7-4-8-22-16(14)11-23-9-13(15(21)10-23)12-5-2-1-3-6-12/h1-8,13,15H,9-11,21H2/t13-,15+/m0/s1. The van der Waals surface area contributed by atoms with E-state index in [0.29, 0.717) is 13.1 Å². The quantitative estimate of drug-likeness (QED) is 0.945. The summed E-state index contributed by atoms with van der Waals surface area (Å²) in [5, 5.41) is 0. The molecule has 2 atom stereocenters. The van der Waals surface area contributed by atoms with Crippen LogP contribution in [0.2, 0.25) is 0 Å². The van der Waals surface area contributed by atoms with Gasteiger partial charge in [-0.1, -0.05) is 30.3 Å². The molecule has 0 saturated carbocycles. The van der Waals surface area contributed by atoms with Gasteiger partial charge in [0.25, 0.3) is 0 Å². The largest absolute Gasteiger partial charge is 0.418 e. The highest BCUT2D eigenvalue weighted by Crippen LogP contribution is 2.33. The van der Waals surface area contributed by atoms with Crippen LogP contribution in [0, 0.1) is 0 Å². The van der Waals surface area contributed by atoms with Gasteiger partial charge < -0.3 is 5.73 Å². The van der Waals surface area contributed by atoms with Gasteiger partial charge in [-0.25, -0.2) is 0 Å². The smallest absolute Gasteiger partial charge is 0.326 e. The zero-order chi connectivity index (χ0) is 16.4. The highest BCUT2D eigenvalue weighted by molar-refractivity contribution is 5.25. The van der Waals surface area contributed by atoms with Gasteiger partial charge >= 0.3 is 6.18 Å². The minimum Gasteiger partial charge on any atom is -0.326 e. The molecule has 2 N–H and O–H groups in total. The average molecular weight is 321 g/mol. The normalized spacial score (nSPS) is 22.4. The summed E-state index contributed by atoms with van der Waals surface area (Å²) in [6, 6.07) is 12.2. The molecule has 1 saturated heterocycles. The van der Waals surface area contributed by atoms with E-state index in [1.54, 1.807) is 0 Å². The Morgan fingerprint density at radius 2 is 1.83 bits per heavy atom. The third kappa shape index (κ3) is 3.54. The van der Waals surface area contributed by atoms with Crippen molar-refractivity contribution in [3.8, 4) is 0 Å². The highest BCUT2D eigenvalue weighted by atomic mass is 19.4. The van der Waals surface area contributed by atoms with E-state index in [0.717, 1.165) is 11.6 Å². The number of halogens is 3. The number of nitrogens with two attached hydrogens (primary N) is 1. The molecular formula is C17H18F3N3. The Balaban J connectivity index is 1.76. The van der Waals surface area contributed by atoms with E-state index in [2.05, 4.69) is 4.98 Å². The summed E-state index contributed by atoms with van der Waals surface area (Å²) in [6.45, 7) is 1.36. The number of likely N-dealkylation sites (tertiary alicyclic amines) is 1. The third-order valence-corrected chi connectivity index (χ3v) is 4.24. The Hall–Kier alpha value is -1.92. The van der Waals surface area contributed by atoms with Crippen LogP contribution in [0.3, 0.4) is 0 Å². The molecule has 1 aliphatic heterocycles. The summed E-state index contributed by atoms with van der Waals surface area (Å²) >= 11 is 0. The number of alkyl halides is 3. The molecule has 23 heavy (non-hydrogen) atoms. The van der Waals surface area contributed by atoms with E-state index in [1.807, 2.05) is 35.2 Å². The van der Waals surface area contributed by atoms with Crippen molar-refractivity contribution < 1.29 is 13.2 Å². The van der Waals surface area contributed by atoms with Crippen LogP contribution in [0.4, 0.5) is 13.2 Å². The van der Waals surface area contributed by atoms with Crippen molar-refractivity contribution in [2.75, 3.05) is 13.1 Å². The molecule has 2 heterocycles. The molecule has 0 amide bonds. The van der Waals surface area contributed by atoms with Crippen LogP contribution >= 0.6 is 0 Å². The maximum Gasteiger partial charge on any atom is 0.418 e. The molecule has 2 aromatic rings. The molecule has 122 valence electrons. The van der Waals surface area contributed by atoms with Crippen LogP contribution < -0.4 is 5.73 Å². The van der Waals surface area contributed by atoms with Crippen LogP contribution in [-0.4, -0.2) is 29.0 Å². The van der Waals surface area contributed by atoms with Crippen LogP contribution in [0.15, 0.2) is 48.7 Å². The average Bonchev–Trinajstić information content (AvgIpc) is 2.88. The molecule has 0 aliphatic carbocycles. The molecule has 1 aliphatic rings. The minimum atomic E-state index is -4.38. The molecule has 0 spiro atoms. The zero-order valence-electron chi connectivity index (χ0n) is 12.5. The van der Waals surface area contributed by atoms with Crippen LogP contribution in [0.1, 0.15) is 22.7 Å². The number of benzene rings is 1. The van der Waals surface area contributed by atoms with E-state index in [1.165, 1.54) is 12.3 Å². The van der Waals surface area contributed by atoms with E-state index in [4.69, 9.17) is 5.73 Å². The van der Waals surface area contributed by atoms with E-state index >= 15 is 0 Å². The second kappa shape index (κ2) is 6.29. The van der Waals surface area contributed by atoms with Crippen molar-refractivity contribution in [1.29, 1.82) is 0 Å². The predicted molar refractivity (Wildman–Crippen MR) is 81.7 cm³/mol. The Kier molecular flexibility index (Phi) is 4.37. The van der Waals surface area contributed by atoms with Crippen molar-refractivity contribution in [3.63, 3.8) is 0 Å². The lowest BCUT2D eigenvalue weighted by Crippen LogP contribution is -2.29.